The van der Waals surface area contributed by atoms with E-state index in [1.807, 2.05) is 0 Å². The van der Waals surface area contributed by atoms with Gasteiger partial charge in [0.25, 0.3) is 0 Å². The lowest BCUT2D eigenvalue weighted by Gasteiger charge is -2.36. The van der Waals surface area contributed by atoms with Crippen LogP contribution in [0, 0.1) is 6.92 Å². The highest BCUT2D eigenvalue weighted by atomic mass is 16.1. The maximum Gasteiger partial charge on any atom is 0.220 e. The van der Waals surface area contributed by atoms with E-state index in [1.54, 1.807) is 0 Å². The molecule has 0 bridgehead atoms. The van der Waals surface area contributed by atoms with Crippen molar-refractivity contribution in [1.29, 1.82) is 0 Å². The minimum absolute atomic E-state index is 0.132. The van der Waals surface area contributed by atoms with Crippen LogP contribution in [0.2, 0.25) is 0 Å². The average Bonchev–Trinajstić information content (AvgIpc) is 2.60. The van der Waals surface area contributed by atoms with Crippen molar-refractivity contribution in [2.24, 2.45) is 5.73 Å². The number of unbranched alkanes of at least 4 members (excludes halogenated alkanes) is 1. The van der Waals surface area contributed by atoms with E-state index in [2.05, 4.69) is 46.3 Å². The van der Waals surface area contributed by atoms with E-state index in [0.29, 0.717) is 13.0 Å². The second-order valence-electron chi connectivity index (χ2n) is 6.62. The van der Waals surface area contributed by atoms with E-state index < -0.39 is 0 Å². The van der Waals surface area contributed by atoms with Crippen molar-refractivity contribution >= 4 is 11.6 Å². The zero-order valence-electron chi connectivity index (χ0n) is 15.0. The fourth-order valence-electron chi connectivity index (χ4n) is 3.09. The van der Waals surface area contributed by atoms with E-state index in [1.165, 1.54) is 11.3 Å². The molecule has 1 amide bonds. The molecule has 5 nitrogen and oxygen atoms in total. The highest BCUT2D eigenvalue weighted by Crippen LogP contribution is 2.17. The van der Waals surface area contributed by atoms with Crippen molar-refractivity contribution in [2.45, 2.75) is 32.6 Å². The number of aryl methyl sites for hydroxylation is 1. The quantitative estimate of drug-likeness (QED) is 0.677. The van der Waals surface area contributed by atoms with Crippen LogP contribution in [0.5, 0.6) is 0 Å². The minimum atomic E-state index is 0.132. The lowest BCUT2D eigenvalue weighted by molar-refractivity contribution is -0.121. The molecule has 1 heterocycles. The molecule has 0 radical (unpaired) electrons. The Balaban J connectivity index is 1.56. The zero-order chi connectivity index (χ0) is 17.2. The van der Waals surface area contributed by atoms with Crippen LogP contribution in [-0.4, -0.2) is 56.6 Å². The number of hydrogen-bond acceptors (Lipinski definition) is 4. The molecule has 0 atom stereocenters. The van der Waals surface area contributed by atoms with Crippen molar-refractivity contribution in [3.63, 3.8) is 0 Å². The smallest absolute Gasteiger partial charge is 0.220 e. The number of nitrogens with zero attached hydrogens (tertiary/aromatic N) is 2. The van der Waals surface area contributed by atoms with Gasteiger partial charge in [-0.1, -0.05) is 12.1 Å². The van der Waals surface area contributed by atoms with Gasteiger partial charge in [-0.3, -0.25) is 9.69 Å². The second kappa shape index (κ2) is 10.3. The summed E-state index contributed by atoms with van der Waals surface area (Å²) in [6, 6.07) is 8.76. The summed E-state index contributed by atoms with van der Waals surface area (Å²) in [5.74, 6) is 0.132. The molecule has 1 aromatic carbocycles. The molecule has 134 valence electrons. The molecule has 0 aliphatic carbocycles. The number of nitrogens with two attached hydrogens (primary N) is 1. The molecule has 0 spiro atoms. The van der Waals surface area contributed by atoms with Gasteiger partial charge >= 0.3 is 0 Å². The van der Waals surface area contributed by atoms with Crippen molar-refractivity contribution in [2.75, 3.05) is 50.7 Å². The summed E-state index contributed by atoms with van der Waals surface area (Å²) < 4.78 is 0. The third-order valence-corrected chi connectivity index (χ3v) is 4.57. The van der Waals surface area contributed by atoms with E-state index in [0.717, 1.165) is 58.5 Å². The largest absolute Gasteiger partial charge is 0.369 e. The SMILES string of the molecule is Cc1cccc(N2CCN(CCCCNC(=O)CCCN)CC2)c1. The normalized spacial score (nSPS) is 15.5. The summed E-state index contributed by atoms with van der Waals surface area (Å²) >= 11 is 0. The topological polar surface area (TPSA) is 61.6 Å². The van der Waals surface area contributed by atoms with Crippen molar-refractivity contribution < 1.29 is 4.79 Å². The van der Waals surface area contributed by atoms with Gasteiger partial charge in [-0.25, -0.2) is 0 Å². The summed E-state index contributed by atoms with van der Waals surface area (Å²) in [4.78, 5) is 16.5. The standard InChI is InChI=1S/C19H32N4O/c1-17-6-4-7-18(16-17)23-14-12-22(13-15-23)11-3-2-10-21-19(24)8-5-9-20/h4,6-7,16H,2-3,5,8-15,20H2,1H3,(H,21,24). The van der Waals surface area contributed by atoms with E-state index in [4.69, 9.17) is 5.73 Å². The number of nitrogens with one attached hydrogen (secondary N) is 1. The summed E-state index contributed by atoms with van der Waals surface area (Å²) in [5.41, 5.74) is 8.07. The fourth-order valence-corrected chi connectivity index (χ4v) is 3.09. The summed E-state index contributed by atoms with van der Waals surface area (Å²) in [6.45, 7) is 9.08. The molecule has 1 aromatic rings. The van der Waals surface area contributed by atoms with Crippen LogP contribution in [0.15, 0.2) is 24.3 Å². The molecule has 0 unspecified atom stereocenters. The van der Waals surface area contributed by atoms with Crippen LogP contribution in [0.4, 0.5) is 5.69 Å². The molecule has 2 rings (SSSR count). The lowest BCUT2D eigenvalue weighted by Crippen LogP contribution is -2.46. The monoisotopic (exact) mass is 332 g/mol. The number of benzene rings is 1. The van der Waals surface area contributed by atoms with E-state index in [9.17, 15) is 4.79 Å². The lowest BCUT2D eigenvalue weighted by atomic mass is 10.2. The summed E-state index contributed by atoms with van der Waals surface area (Å²) in [7, 11) is 0. The molecule has 0 aromatic heterocycles. The number of carbonyl (C=O) groups is 1. The number of carbonyl (C=O) groups excluding carboxylic acids is 1. The Morgan fingerprint density at radius 3 is 2.67 bits per heavy atom. The molecule has 1 fully saturated rings. The van der Waals surface area contributed by atoms with Crippen LogP contribution >= 0.6 is 0 Å². The molecule has 5 heteroatoms. The molecule has 24 heavy (non-hydrogen) atoms. The molecular formula is C19H32N4O. The van der Waals surface area contributed by atoms with Gasteiger partial charge in [0.1, 0.15) is 0 Å². The minimum Gasteiger partial charge on any atom is -0.369 e. The van der Waals surface area contributed by atoms with Gasteiger partial charge in [0.05, 0.1) is 0 Å². The first kappa shape index (κ1) is 18.7. The van der Waals surface area contributed by atoms with Crippen molar-refractivity contribution in [3.05, 3.63) is 29.8 Å². The first-order valence-electron chi connectivity index (χ1n) is 9.20. The van der Waals surface area contributed by atoms with Gasteiger partial charge in [0.15, 0.2) is 0 Å². The predicted octanol–water partition coefficient (Wildman–Crippen LogP) is 1.75. The van der Waals surface area contributed by atoms with Gasteiger partial charge in [0.2, 0.25) is 5.91 Å². The number of piperazine rings is 1. The number of amides is 1. The van der Waals surface area contributed by atoms with Crippen molar-refractivity contribution in [1.82, 2.24) is 10.2 Å². The zero-order valence-corrected chi connectivity index (χ0v) is 15.0. The Bertz CT molecular complexity index is 498. The summed E-state index contributed by atoms with van der Waals surface area (Å²) in [6.07, 6.45) is 3.52. The Morgan fingerprint density at radius 2 is 1.96 bits per heavy atom. The van der Waals surface area contributed by atoms with Gasteiger partial charge in [0, 0.05) is 44.8 Å². The first-order valence-corrected chi connectivity index (χ1v) is 9.20. The van der Waals surface area contributed by atoms with Crippen LogP contribution < -0.4 is 16.0 Å². The average molecular weight is 332 g/mol. The molecular weight excluding hydrogens is 300 g/mol. The van der Waals surface area contributed by atoms with Gasteiger partial charge in [-0.15, -0.1) is 0 Å². The highest BCUT2D eigenvalue weighted by Gasteiger charge is 2.16. The van der Waals surface area contributed by atoms with Crippen LogP contribution in [0.1, 0.15) is 31.2 Å². The van der Waals surface area contributed by atoms with E-state index in [-0.39, 0.29) is 5.91 Å². The molecule has 1 aliphatic rings. The van der Waals surface area contributed by atoms with Crippen LogP contribution in [-0.2, 0) is 4.79 Å². The Labute approximate surface area is 146 Å². The maximum atomic E-state index is 11.5. The second-order valence-corrected chi connectivity index (χ2v) is 6.62. The first-order chi connectivity index (χ1) is 11.7. The van der Waals surface area contributed by atoms with Gasteiger partial charge in [-0.2, -0.15) is 0 Å². The Hall–Kier alpha value is -1.59. The Morgan fingerprint density at radius 1 is 1.17 bits per heavy atom. The van der Waals surface area contributed by atoms with Crippen LogP contribution in [0.25, 0.3) is 0 Å². The van der Waals surface area contributed by atoms with Crippen LogP contribution in [0.3, 0.4) is 0 Å². The van der Waals surface area contributed by atoms with Gasteiger partial charge in [-0.05, 0) is 57.0 Å². The molecule has 0 saturated carbocycles. The number of rotatable bonds is 9. The maximum absolute atomic E-state index is 11.5. The summed E-state index contributed by atoms with van der Waals surface area (Å²) in [5, 5.41) is 2.97. The third-order valence-electron chi connectivity index (χ3n) is 4.57. The van der Waals surface area contributed by atoms with Gasteiger partial charge < -0.3 is 16.0 Å². The highest BCUT2D eigenvalue weighted by molar-refractivity contribution is 5.75. The molecule has 1 aliphatic heterocycles. The number of hydrogen-bond donors (Lipinski definition) is 2. The molecule has 3 N–H and O–H groups in total. The third kappa shape index (κ3) is 6.49. The van der Waals surface area contributed by atoms with Crippen molar-refractivity contribution in [3.8, 4) is 0 Å². The number of anilines is 1. The Kier molecular flexibility index (Phi) is 8.05. The van der Waals surface area contributed by atoms with E-state index >= 15 is 0 Å². The predicted molar refractivity (Wildman–Crippen MR) is 100 cm³/mol. The molecule has 1 saturated heterocycles. The fraction of sp³-hybridized carbons (Fsp3) is 0.632.